The average Bonchev–Trinajstić information content (AvgIpc) is 3.00. The molecule has 0 atom stereocenters. The molecule has 0 saturated heterocycles. The van der Waals surface area contributed by atoms with Gasteiger partial charge < -0.3 is 4.74 Å². The molecular formula is C19H17FN4O2. The highest BCUT2D eigenvalue weighted by Gasteiger charge is 2.36. The number of aromatic nitrogens is 4. The van der Waals surface area contributed by atoms with Gasteiger partial charge in [-0.05, 0) is 45.0 Å². The van der Waals surface area contributed by atoms with Crippen LogP contribution in [0.5, 0.6) is 5.75 Å². The number of ether oxygens (including phenoxy) is 1. The van der Waals surface area contributed by atoms with E-state index < -0.39 is 11.4 Å². The van der Waals surface area contributed by atoms with Gasteiger partial charge in [0.25, 0.3) is 0 Å². The van der Waals surface area contributed by atoms with Crippen molar-refractivity contribution in [1.82, 2.24) is 20.0 Å². The van der Waals surface area contributed by atoms with Gasteiger partial charge in [0.05, 0.1) is 16.7 Å². The van der Waals surface area contributed by atoms with E-state index >= 15 is 0 Å². The predicted molar refractivity (Wildman–Crippen MR) is 92.9 cm³/mol. The molecule has 4 rings (SSSR count). The molecule has 2 aromatic heterocycles. The molecular weight excluding hydrogens is 335 g/mol. The van der Waals surface area contributed by atoms with Crippen molar-refractivity contribution in [2.45, 2.75) is 20.8 Å². The van der Waals surface area contributed by atoms with E-state index in [-0.39, 0.29) is 11.5 Å². The number of fused-ring (bicyclic) bond motifs is 1. The monoisotopic (exact) mass is 352 g/mol. The number of rotatable bonds is 2. The molecule has 0 aliphatic carbocycles. The van der Waals surface area contributed by atoms with Crippen LogP contribution in [-0.2, 0) is 0 Å². The lowest BCUT2D eigenvalue weighted by Crippen LogP contribution is -2.35. The summed E-state index contributed by atoms with van der Waals surface area (Å²) in [6.07, 6.45) is 1.38. The highest BCUT2D eigenvalue weighted by Crippen LogP contribution is 2.37. The summed E-state index contributed by atoms with van der Waals surface area (Å²) in [6, 6.07) is 8.56. The van der Waals surface area contributed by atoms with Crippen LogP contribution >= 0.6 is 0 Å². The van der Waals surface area contributed by atoms with E-state index in [1.54, 1.807) is 31.2 Å². The average molecular weight is 352 g/mol. The standard InChI is InChI=1S/C19H17FN4O2/c1-11-16(22-23-24(11)14-5-4-8-21-18(14)20)12-6-7-13-15(9-12)26-10-19(2,3)17(13)25/h4-9H,10H2,1-3H3. The summed E-state index contributed by atoms with van der Waals surface area (Å²) in [6.45, 7) is 5.86. The molecule has 3 heterocycles. The Balaban J connectivity index is 1.77. The van der Waals surface area contributed by atoms with Crippen molar-refractivity contribution in [2.75, 3.05) is 6.61 Å². The summed E-state index contributed by atoms with van der Waals surface area (Å²) in [7, 11) is 0. The second kappa shape index (κ2) is 5.72. The lowest BCUT2D eigenvalue weighted by molar-refractivity contribution is 0.0692. The van der Waals surface area contributed by atoms with Gasteiger partial charge in [-0.1, -0.05) is 11.3 Å². The van der Waals surface area contributed by atoms with Crippen LogP contribution in [0.3, 0.4) is 0 Å². The molecule has 7 heteroatoms. The van der Waals surface area contributed by atoms with Gasteiger partial charge in [-0.25, -0.2) is 9.67 Å². The predicted octanol–water partition coefficient (Wildman–Crippen LogP) is 3.38. The van der Waals surface area contributed by atoms with Gasteiger partial charge in [0.15, 0.2) is 5.78 Å². The molecule has 132 valence electrons. The lowest BCUT2D eigenvalue weighted by atomic mass is 9.82. The number of hydrogen-bond donors (Lipinski definition) is 0. The van der Waals surface area contributed by atoms with Crippen LogP contribution in [0.1, 0.15) is 29.9 Å². The highest BCUT2D eigenvalue weighted by atomic mass is 19.1. The van der Waals surface area contributed by atoms with Crippen molar-refractivity contribution in [3.63, 3.8) is 0 Å². The van der Waals surface area contributed by atoms with Crippen molar-refractivity contribution in [1.29, 1.82) is 0 Å². The van der Waals surface area contributed by atoms with Gasteiger partial charge >= 0.3 is 0 Å². The maximum Gasteiger partial charge on any atom is 0.238 e. The minimum atomic E-state index is -0.617. The first-order valence-electron chi connectivity index (χ1n) is 8.24. The Labute approximate surface area is 149 Å². The Morgan fingerprint density at radius 1 is 1.27 bits per heavy atom. The number of nitrogens with zero attached hydrogens (tertiary/aromatic N) is 4. The molecule has 0 amide bonds. The molecule has 0 unspecified atom stereocenters. The van der Waals surface area contributed by atoms with Crippen molar-refractivity contribution < 1.29 is 13.9 Å². The molecule has 6 nitrogen and oxygen atoms in total. The Morgan fingerprint density at radius 3 is 2.85 bits per heavy atom. The highest BCUT2D eigenvalue weighted by molar-refractivity contribution is 6.03. The topological polar surface area (TPSA) is 69.9 Å². The van der Waals surface area contributed by atoms with Gasteiger partial charge in [0.2, 0.25) is 5.95 Å². The number of Topliss-reactive ketones (excluding diaryl/α,β-unsaturated/α-hetero) is 1. The summed E-state index contributed by atoms with van der Waals surface area (Å²) in [5.74, 6) is -0.0231. The summed E-state index contributed by atoms with van der Waals surface area (Å²) in [5.41, 5.74) is 2.27. The minimum Gasteiger partial charge on any atom is -0.492 e. The molecule has 3 aromatic rings. The van der Waals surface area contributed by atoms with Gasteiger partial charge in [-0.3, -0.25) is 4.79 Å². The zero-order chi connectivity index (χ0) is 18.5. The molecule has 0 bridgehead atoms. The number of benzene rings is 1. The Bertz CT molecular complexity index is 1030. The third-order valence-corrected chi connectivity index (χ3v) is 4.57. The Hall–Kier alpha value is -3.09. The third kappa shape index (κ3) is 2.47. The van der Waals surface area contributed by atoms with E-state index in [1.165, 1.54) is 10.9 Å². The van der Waals surface area contributed by atoms with Gasteiger partial charge in [-0.15, -0.1) is 5.10 Å². The quantitative estimate of drug-likeness (QED) is 0.661. The van der Waals surface area contributed by atoms with E-state index in [2.05, 4.69) is 15.3 Å². The molecule has 1 aliphatic rings. The van der Waals surface area contributed by atoms with Crippen LogP contribution in [-0.4, -0.2) is 32.4 Å². The maximum absolute atomic E-state index is 14.0. The van der Waals surface area contributed by atoms with Gasteiger partial charge in [-0.2, -0.15) is 4.39 Å². The van der Waals surface area contributed by atoms with Crippen LogP contribution in [0, 0.1) is 18.3 Å². The zero-order valence-electron chi connectivity index (χ0n) is 14.7. The number of halogens is 1. The lowest BCUT2D eigenvalue weighted by Gasteiger charge is -2.30. The number of carbonyl (C=O) groups is 1. The fourth-order valence-corrected chi connectivity index (χ4v) is 3.03. The molecule has 0 saturated carbocycles. The Kier molecular flexibility index (Phi) is 3.61. The van der Waals surface area contributed by atoms with Crippen molar-refractivity contribution in [3.05, 3.63) is 53.7 Å². The van der Waals surface area contributed by atoms with Crippen LogP contribution in [0.25, 0.3) is 16.9 Å². The fraction of sp³-hybridized carbons (Fsp3) is 0.263. The first-order chi connectivity index (χ1) is 12.4. The van der Waals surface area contributed by atoms with E-state index in [0.717, 1.165) is 5.56 Å². The molecule has 0 N–H and O–H groups in total. The third-order valence-electron chi connectivity index (χ3n) is 4.57. The summed E-state index contributed by atoms with van der Waals surface area (Å²) >= 11 is 0. The molecule has 0 radical (unpaired) electrons. The van der Waals surface area contributed by atoms with Crippen LogP contribution in [0.15, 0.2) is 36.5 Å². The second-order valence-electron chi connectivity index (χ2n) is 6.96. The fourth-order valence-electron chi connectivity index (χ4n) is 3.03. The van der Waals surface area contributed by atoms with Crippen molar-refractivity contribution >= 4 is 5.78 Å². The SMILES string of the molecule is Cc1c(-c2ccc3c(c2)OCC(C)(C)C3=O)nnn1-c1cccnc1F. The summed E-state index contributed by atoms with van der Waals surface area (Å²) < 4.78 is 21.1. The molecule has 1 aromatic carbocycles. The minimum absolute atomic E-state index is 0.0584. The summed E-state index contributed by atoms with van der Waals surface area (Å²) in [5, 5.41) is 8.23. The largest absolute Gasteiger partial charge is 0.492 e. The Morgan fingerprint density at radius 2 is 2.08 bits per heavy atom. The second-order valence-corrected chi connectivity index (χ2v) is 6.96. The van der Waals surface area contributed by atoms with E-state index in [9.17, 15) is 9.18 Å². The van der Waals surface area contributed by atoms with Gasteiger partial charge in [0, 0.05) is 11.8 Å². The smallest absolute Gasteiger partial charge is 0.238 e. The molecule has 26 heavy (non-hydrogen) atoms. The zero-order valence-corrected chi connectivity index (χ0v) is 14.7. The number of carbonyl (C=O) groups excluding carboxylic acids is 1. The van der Waals surface area contributed by atoms with Crippen LogP contribution < -0.4 is 4.74 Å². The van der Waals surface area contributed by atoms with Crippen LogP contribution in [0.4, 0.5) is 4.39 Å². The summed E-state index contributed by atoms with van der Waals surface area (Å²) in [4.78, 5) is 16.2. The van der Waals surface area contributed by atoms with Crippen molar-refractivity contribution in [2.24, 2.45) is 5.41 Å². The first kappa shape index (κ1) is 16.4. The normalized spacial score (nSPS) is 15.5. The number of hydrogen-bond acceptors (Lipinski definition) is 5. The maximum atomic E-state index is 14.0. The number of pyridine rings is 1. The molecule has 1 aliphatic heterocycles. The first-order valence-corrected chi connectivity index (χ1v) is 8.24. The van der Waals surface area contributed by atoms with E-state index in [4.69, 9.17) is 4.74 Å². The molecule has 0 fully saturated rings. The van der Waals surface area contributed by atoms with Crippen molar-refractivity contribution in [3.8, 4) is 22.7 Å². The van der Waals surface area contributed by atoms with E-state index in [1.807, 2.05) is 19.9 Å². The number of ketones is 1. The van der Waals surface area contributed by atoms with Crippen LogP contribution in [0.2, 0.25) is 0 Å². The molecule has 0 spiro atoms. The van der Waals surface area contributed by atoms with Gasteiger partial charge in [0.1, 0.15) is 23.7 Å². The van der Waals surface area contributed by atoms with E-state index in [0.29, 0.717) is 29.3 Å².